The van der Waals surface area contributed by atoms with Gasteiger partial charge in [-0.3, -0.25) is 0 Å². The predicted molar refractivity (Wildman–Crippen MR) is 99.1 cm³/mol. The van der Waals surface area contributed by atoms with Crippen LogP contribution >= 0.6 is 0 Å². The van der Waals surface area contributed by atoms with Crippen LogP contribution in [0.3, 0.4) is 0 Å². The molecule has 4 fully saturated rings. The molecule has 2 N–H and O–H groups in total. The Kier molecular flexibility index (Phi) is 5.11. The van der Waals surface area contributed by atoms with Crippen molar-refractivity contribution in [3.8, 4) is 11.8 Å². The van der Waals surface area contributed by atoms with Gasteiger partial charge in [0.25, 0.3) is 0 Å². The standard InChI is InChI=1S/C22H34O4/c1-15-20-18(9-8-17(23)14-16-6-4-3-5-7-16)19(24)10-11-21(20,2)22(15)25-12-13-26-22/h15-20,23-24H,3-7,10-14H2,1-2H3/t15?,17-,18-,19+,20+,21-/m1/s1. The number of aliphatic hydroxyl groups is 2. The van der Waals surface area contributed by atoms with Gasteiger partial charge in [0.2, 0.25) is 0 Å². The number of fused-ring (bicyclic) bond motifs is 2. The molecule has 0 aromatic carbocycles. The van der Waals surface area contributed by atoms with E-state index in [1.807, 2.05) is 0 Å². The van der Waals surface area contributed by atoms with Crippen LogP contribution in [0.25, 0.3) is 0 Å². The van der Waals surface area contributed by atoms with Gasteiger partial charge >= 0.3 is 0 Å². The van der Waals surface area contributed by atoms with Gasteiger partial charge in [0.15, 0.2) is 5.79 Å². The molecule has 1 spiro atoms. The fraction of sp³-hybridized carbons (Fsp3) is 0.909. The Morgan fingerprint density at radius 3 is 2.50 bits per heavy atom. The molecule has 0 amide bonds. The van der Waals surface area contributed by atoms with Crippen molar-refractivity contribution in [2.75, 3.05) is 13.2 Å². The van der Waals surface area contributed by atoms with E-state index in [0.717, 1.165) is 19.3 Å². The molecular formula is C22H34O4. The third-order valence-corrected chi connectivity index (χ3v) is 7.85. The van der Waals surface area contributed by atoms with Crippen molar-refractivity contribution < 1.29 is 19.7 Å². The Hall–Kier alpha value is -0.600. The van der Waals surface area contributed by atoms with Gasteiger partial charge in [-0.25, -0.2) is 0 Å². The molecule has 146 valence electrons. The molecule has 4 nitrogen and oxygen atoms in total. The van der Waals surface area contributed by atoms with Crippen molar-refractivity contribution in [3.63, 3.8) is 0 Å². The first kappa shape index (κ1) is 18.7. The lowest BCUT2D eigenvalue weighted by atomic mass is 9.42. The number of hydrogen-bond donors (Lipinski definition) is 2. The summed E-state index contributed by atoms with van der Waals surface area (Å²) in [7, 11) is 0. The van der Waals surface area contributed by atoms with E-state index in [1.54, 1.807) is 0 Å². The SMILES string of the molecule is CC1[C@H]2[C@H](C#C[C@@H](O)CC3CCCCC3)[C@@H](O)CC[C@@]2(C)C12OCCO2. The number of hydrogen-bond acceptors (Lipinski definition) is 4. The zero-order valence-corrected chi connectivity index (χ0v) is 16.2. The third kappa shape index (κ3) is 2.83. The molecule has 3 saturated carbocycles. The first-order valence-electron chi connectivity index (χ1n) is 10.6. The number of ether oxygens (including phenoxy) is 2. The van der Waals surface area contributed by atoms with Crippen LogP contribution in [0.5, 0.6) is 0 Å². The fourth-order valence-electron chi connectivity index (χ4n) is 6.56. The van der Waals surface area contributed by atoms with Crippen LogP contribution in [-0.4, -0.2) is 41.4 Å². The molecule has 1 unspecified atom stereocenters. The van der Waals surface area contributed by atoms with Gasteiger partial charge in [0.05, 0.1) is 25.2 Å². The van der Waals surface area contributed by atoms with E-state index in [2.05, 4.69) is 25.7 Å². The van der Waals surface area contributed by atoms with Crippen molar-refractivity contribution in [2.45, 2.75) is 83.2 Å². The topological polar surface area (TPSA) is 58.9 Å². The molecule has 6 atom stereocenters. The molecule has 0 radical (unpaired) electrons. The summed E-state index contributed by atoms with van der Waals surface area (Å²) in [6.07, 6.45) is 7.78. The monoisotopic (exact) mass is 362 g/mol. The lowest BCUT2D eigenvalue weighted by molar-refractivity contribution is -0.380. The van der Waals surface area contributed by atoms with Gasteiger partial charge in [-0.2, -0.15) is 0 Å². The zero-order chi connectivity index (χ0) is 18.4. The quantitative estimate of drug-likeness (QED) is 0.741. The van der Waals surface area contributed by atoms with E-state index in [1.165, 1.54) is 32.1 Å². The van der Waals surface area contributed by atoms with Crippen LogP contribution < -0.4 is 0 Å². The average Bonchev–Trinajstić information content (AvgIpc) is 3.16. The Bertz CT molecular complexity index is 566. The van der Waals surface area contributed by atoms with Crippen molar-refractivity contribution in [2.24, 2.45) is 29.1 Å². The highest BCUT2D eigenvalue weighted by Gasteiger charge is 2.74. The smallest absolute Gasteiger partial charge is 0.176 e. The van der Waals surface area contributed by atoms with Crippen molar-refractivity contribution >= 4 is 0 Å². The summed E-state index contributed by atoms with van der Waals surface area (Å²) in [5, 5.41) is 21.0. The Balaban J connectivity index is 1.46. The predicted octanol–water partition coefficient (Wildman–Crippen LogP) is 3.11. The second-order valence-corrected chi connectivity index (χ2v) is 9.27. The lowest BCUT2D eigenvalue weighted by Crippen LogP contribution is -2.73. The first-order chi connectivity index (χ1) is 12.5. The maximum absolute atomic E-state index is 10.6. The normalized spacial score (nSPS) is 43.2. The van der Waals surface area contributed by atoms with E-state index in [-0.39, 0.29) is 23.2 Å². The lowest BCUT2D eigenvalue weighted by Gasteiger charge is -2.68. The summed E-state index contributed by atoms with van der Waals surface area (Å²) in [5.41, 5.74) is -0.0875. The maximum atomic E-state index is 10.6. The number of rotatable bonds is 2. The summed E-state index contributed by atoms with van der Waals surface area (Å²) in [4.78, 5) is 0. The average molecular weight is 363 g/mol. The molecule has 1 aliphatic heterocycles. The molecule has 0 bridgehead atoms. The summed E-state index contributed by atoms with van der Waals surface area (Å²) in [6.45, 7) is 5.72. The third-order valence-electron chi connectivity index (χ3n) is 7.85. The molecule has 4 rings (SSSR count). The van der Waals surface area contributed by atoms with Crippen LogP contribution in [0, 0.1) is 40.9 Å². The van der Waals surface area contributed by atoms with Gasteiger partial charge in [-0.05, 0) is 31.1 Å². The molecule has 0 aromatic rings. The summed E-state index contributed by atoms with van der Waals surface area (Å²) in [5.74, 6) is 6.90. The molecule has 1 saturated heterocycles. The Morgan fingerprint density at radius 2 is 1.81 bits per heavy atom. The maximum Gasteiger partial charge on any atom is 0.176 e. The fourth-order valence-corrected chi connectivity index (χ4v) is 6.56. The van der Waals surface area contributed by atoms with Crippen LogP contribution in [0.2, 0.25) is 0 Å². The molecule has 4 heteroatoms. The van der Waals surface area contributed by atoms with E-state index in [0.29, 0.717) is 19.1 Å². The molecular weight excluding hydrogens is 328 g/mol. The summed E-state index contributed by atoms with van der Waals surface area (Å²) in [6, 6.07) is 0. The second-order valence-electron chi connectivity index (χ2n) is 9.27. The van der Waals surface area contributed by atoms with E-state index in [4.69, 9.17) is 9.47 Å². The molecule has 3 aliphatic carbocycles. The minimum Gasteiger partial charge on any atom is -0.392 e. The summed E-state index contributed by atoms with van der Waals surface area (Å²) >= 11 is 0. The summed E-state index contributed by atoms with van der Waals surface area (Å²) < 4.78 is 12.1. The van der Waals surface area contributed by atoms with Crippen molar-refractivity contribution in [1.82, 2.24) is 0 Å². The minimum atomic E-state index is -0.568. The van der Waals surface area contributed by atoms with Crippen LogP contribution in [0.1, 0.15) is 65.2 Å². The largest absolute Gasteiger partial charge is 0.392 e. The van der Waals surface area contributed by atoms with E-state index < -0.39 is 18.0 Å². The first-order valence-corrected chi connectivity index (χ1v) is 10.6. The van der Waals surface area contributed by atoms with Gasteiger partial charge in [0.1, 0.15) is 6.10 Å². The second kappa shape index (κ2) is 7.09. The zero-order valence-electron chi connectivity index (χ0n) is 16.2. The highest BCUT2D eigenvalue weighted by atomic mass is 16.7. The molecule has 4 aliphatic rings. The number of aliphatic hydroxyl groups excluding tert-OH is 2. The van der Waals surface area contributed by atoms with Crippen LogP contribution in [-0.2, 0) is 9.47 Å². The van der Waals surface area contributed by atoms with Gasteiger partial charge in [-0.15, -0.1) is 0 Å². The highest BCUT2D eigenvalue weighted by molar-refractivity contribution is 5.23. The van der Waals surface area contributed by atoms with E-state index in [9.17, 15) is 10.2 Å². The Labute approximate surface area is 157 Å². The molecule has 1 heterocycles. The molecule has 26 heavy (non-hydrogen) atoms. The van der Waals surface area contributed by atoms with E-state index >= 15 is 0 Å². The van der Waals surface area contributed by atoms with Crippen LogP contribution in [0.4, 0.5) is 0 Å². The van der Waals surface area contributed by atoms with Gasteiger partial charge < -0.3 is 19.7 Å². The molecule has 0 aromatic heterocycles. The Morgan fingerprint density at radius 1 is 1.12 bits per heavy atom. The van der Waals surface area contributed by atoms with Crippen molar-refractivity contribution in [1.29, 1.82) is 0 Å². The minimum absolute atomic E-state index is 0.0875. The van der Waals surface area contributed by atoms with Gasteiger partial charge in [0, 0.05) is 11.3 Å². The van der Waals surface area contributed by atoms with Gasteiger partial charge in [-0.1, -0.05) is 57.8 Å². The van der Waals surface area contributed by atoms with Crippen LogP contribution in [0.15, 0.2) is 0 Å². The highest BCUT2D eigenvalue weighted by Crippen LogP contribution is 2.69. The van der Waals surface area contributed by atoms with Crippen molar-refractivity contribution in [3.05, 3.63) is 0 Å².